The molecule has 1 aromatic rings. The summed E-state index contributed by atoms with van der Waals surface area (Å²) in [5.74, 6) is -1.92. The second kappa shape index (κ2) is 6.64. The third-order valence-electron chi connectivity index (χ3n) is 2.37. The van der Waals surface area contributed by atoms with E-state index < -0.39 is 34.5 Å². The number of nitrogens with one attached hydrogen (secondary N) is 1. The predicted octanol–water partition coefficient (Wildman–Crippen LogP) is -0.354. The number of hydrogen-bond acceptors (Lipinski definition) is 6. The van der Waals surface area contributed by atoms with Crippen LogP contribution in [0.25, 0.3) is 0 Å². The number of rotatable bonds is 6. The Balaban J connectivity index is 2.84. The Labute approximate surface area is 115 Å². The zero-order valence-corrected chi connectivity index (χ0v) is 11.6. The van der Waals surface area contributed by atoms with Crippen molar-refractivity contribution >= 4 is 16.0 Å². The number of carbonyl (C=O) groups is 1. The maximum atomic E-state index is 13.4. The highest BCUT2D eigenvalue weighted by Crippen LogP contribution is 2.20. The van der Waals surface area contributed by atoms with Crippen LogP contribution in [-0.4, -0.2) is 46.4 Å². The normalized spacial score (nSPS) is 12.8. The maximum Gasteiger partial charge on any atom is 0.336 e. The molecule has 7 nitrogen and oxygen atoms in total. The fourth-order valence-electron chi connectivity index (χ4n) is 1.31. The van der Waals surface area contributed by atoms with Crippen molar-refractivity contribution in [2.75, 3.05) is 20.8 Å². The number of sulfonamides is 1. The zero-order valence-electron chi connectivity index (χ0n) is 10.8. The Morgan fingerprint density at radius 1 is 1.45 bits per heavy atom. The molecule has 1 aromatic carbocycles. The molecule has 2 N–H and O–H groups in total. The summed E-state index contributed by atoms with van der Waals surface area (Å²) in [6.45, 7) is -0.581. The van der Waals surface area contributed by atoms with Gasteiger partial charge in [-0.15, -0.1) is 0 Å². The van der Waals surface area contributed by atoms with Gasteiger partial charge in [-0.05, 0) is 18.2 Å². The van der Waals surface area contributed by atoms with Gasteiger partial charge in [0.25, 0.3) is 0 Å². The minimum Gasteiger partial charge on any atom is -0.494 e. The highest BCUT2D eigenvalue weighted by Gasteiger charge is 2.21. The van der Waals surface area contributed by atoms with Crippen LogP contribution in [0.2, 0.25) is 0 Å². The van der Waals surface area contributed by atoms with Crippen molar-refractivity contribution in [3.05, 3.63) is 24.0 Å². The smallest absolute Gasteiger partial charge is 0.336 e. The lowest BCUT2D eigenvalue weighted by atomic mass is 10.3. The Hall–Kier alpha value is -1.71. The minimum absolute atomic E-state index is 0.0986. The molecule has 0 aliphatic heterocycles. The minimum atomic E-state index is -4.06. The molecular weight excluding hydrogens is 293 g/mol. The fourth-order valence-corrected chi connectivity index (χ4v) is 2.36. The largest absolute Gasteiger partial charge is 0.494 e. The first-order chi connectivity index (χ1) is 9.31. The molecule has 1 unspecified atom stereocenters. The SMILES string of the molecule is COC(=O)C(O)CNS(=O)(=O)c1ccc(OC)c(F)c1. The van der Waals surface area contributed by atoms with E-state index in [1.54, 1.807) is 0 Å². The highest BCUT2D eigenvalue weighted by molar-refractivity contribution is 7.89. The monoisotopic (exact) mass is 307 g/mol. The van der Waals surface area contributed by atoms with Gasteiger partial charge in [-0.25, -0.2) is 22.3 Å². The summed E-state index contributed by atoms with van der Waals surface area (Å²) in [5, 5.41) is 9.27. The topological polar surface area (TPSA) is 102 Å². The van der Waals surface area contributed by atoms with Crippen molar-refractivity contribution in [3.63, 3.8) is 0 Å². The van der Waals surface area contributed by atoms with E-state index in [2.05, 4.69) is 9.47 Å². The van der Waals surface area contributed by atoms with Gasteiger partial charge in [0.15, 0.2) is 17.7 Å². The average Bonchev–Trinajstić information content (AvgIpc) is 2.43. The van der Waals surface area contributed by atoms with Crippen LogP contribution in [0.4, 0.5) is 4.39 Å². The van der Waals surface area contributed by atoms with Gasteiger partial charge in [-0.2, -0.15) is 0 Å². The Bertz CT molecular complexity index is 589. The number of carbonyl (C=O) groups excluding carboxylic acids is 1. The van der Waals surface area contributed by atoms with Gasteiger partial charge in [-0.3, -0.25) is 0 Å². The standard InChI is InChI=1S/C11H14FNO6S/c1-18-10-4-3-7(5-8(10)12)20(16,17)13-6-9(14)11(15)19-2/h3-5,9,13-14H,6H2,1-2H3. The molecule has 0 aliphatic rings. The molecule has 0 fully saturated rings. The summed E-state index contributed by atoms with van der Waals surface area (Å²) in [6, 6.07) is 3.06. The molecule has 0 heterocycles. The first-order valence-electron chi connectivity index (χ1n) is 5.41. The second-order valence-electron chi connectivity index (χ2n) is 3.69. The number of ether oxygens (including phenoxy) is 2. The number of hydrogen-bond donors (Lipinski definition) is 2. The lowest BCUT2D eigenvalue weighted by Crippen LogP contribution is -2.37. The molecule has 0 amide bonds. The van der Waals surface area contributed by atoms with Gasteiger partial charge in [-0.1, -0.05) is 0 Å². The van der Waals surface area contributed by atoms with E-state index in [1.807, 2.05) is 4.72 Å². The lowest BCUT2D eigenvalue weighted by molar-refractivity contribution is -0.149. The quantitative estimate of drug-likeness (QED) is 0.696. The van der Waals surface area contributed by atoms with Crippen molar-refractivity contribution in [2.24, 2.45) is 0 Å². The first-order valence-corrected chi connectivity index (χ1v) is 6.89. The number of aliphatic hydroxyl groups excluding tert-OH is 1. The van der Waals surface area contributed by atoms with E-state index in [1.165, 1.54) is 7.11 Å². The molecular formula is C11H14FNO6S. The summed E-state index contributed by atoms with van der Waals surface area (Å²) >= 11 is 0. The number of aliphatic hydroxyl groups is 1. The summed E-state index contributed by atoms with van der Waals surface area (Å²) < 4.78 is 47.9. The van der Waals surface area contributed by atoms with Gasteiger partial charge in [0.1, 0.15) is 0 Å². The predicted molar refractivity (Wildman–Crippen MR) is 66.2 cm³/mol. The van der Waals surface area contributed by atoms with Gasteiger partial charge in [0.2, 0.25) is 10.0 Å². The van der Waals surface area contributed by atoms with E-state index in [4.69, 9.17) is 0 Å². The van der Waals surface area contributed by atoms with Crippen LogP contribution in [0, 0.1) is 5.82 Å². The number of halogens is 1. The summed E-state index contributed by atoms with van der Waals surface area (Å²) in [6.07, 6.45) is -1.64. The average molecular weight is 307 g/mol. The van der Waals surface area contributed by atoms with Crippen LogP contribution in [0.3, 0.4) is 0 Å². The molecule has 0 bridgehead atoms. The van der Waals surface area contributed by atoms with Crippen molar-refractivity contribution < 1.29 is 32.2 Å². The molecule has 9 heteroatoms. The molecule has 1 rings (SSSR count). The van der Waals surface area contributed by atoms with E-state index in [0.29, 0.717) is 0 Å². The van der Waals surface area contributed by atoms with Crippen molar-refractivity contribution in [1.29, 1.82) is 0 Å². The number of esters is 1. The molecule has 20 heavy (non-hydrogen) atoms. The summed E-state index contributed by atoms with van der Waals surface area (Å²) in [7, 11) is -1.76. The van der Waals surface area contributed by atoms with Crippen LogP contribution in [0.1, 0.15) is 0 Å². The van der Waals surface area contributed by atoms with Gasteiger partial charge in [0, 0.05) is 6.54 Å². The lowest BCUT2D eigenvalue weighted by Gasteiger charge is -2.11. The van der Waals surface area contributed by atoms with E-state index in [-0.39, 0.29) is 10.6 Å². The molecule has 1 atom stereocenters. The van der Waals surface area contributed by atoms with E-state index >= 15 is 0 Å². The third kappa shape index (κ3) is 3.89. The second-order valence-corrected chi connectivity index (χ2v) is 5.45. The van der Waals surface area contributed by atoms with Crippen LogP contribution in [0.15, 0.2) is 23.1 Å². The summed E-state index contributed by atoms with van der Waals surface area (Å²) in [5.41, 5.74) is 0. The fraction of sp³-hybridized carbons (Fsp3) is 0.364. The van der Waals surface area contributed by atoms with Gasteiger partial charge < -0.3 is 14.6 Å². The molecule has 0 radical (unpaired) electrons. The maximum absolute atomic E-state index is 13.4. The van der Waals surface area contributed by atoms with Crippen LogP contribution in [-0.2, 0) is 19.6 Å². The molecule has 0 saturated heterocycles. The van der Waals surface area contributed by atoms with Gasteiger partial charge >= 0.3 is 5.97 Å². The van der Waals surface area contributed by atoms with Crippen LogP contribution in [0.5, 0.6) is 5.75 Å². The molecule has 112 valence electrons. The Morgan fingerprint density at radius 2 is 2.10 bits per heavy atom. The van der Waals surface area contributed by atoms with E-state index in [9.17, 15) is 22.7 Å². The number of benzene rings is 1. The van der Waals surface area contributed by atoms with E-state index in [0.717, 1.165) is 25.3 Å². The van der Waals surface area contributed by atoms with Crippen molar-refractivity contribution in [3.8, 4) is 5.75 Å². The Kier molecular flexibility index (Phi) is 5.43. The molecule has 0 aromatic heterocycles. The van der Waals surface area contributed by atoms with Crippen molar-refractivity contribution in [2.45, 2.75) is 11.0 Å². The molecule has 0 saturated carbocycles. The van der Waals surface area contributed by atoms with Crippen LogP contribution >= 0.6 is 0 Å². The molecule has 0 aliphatic carbocycles. The van der Waals surface area contributed by atoms with Gasteiger partial charge in [0.05, 0.1) is 19.1 Å². The Morgan fingerprint density at radius 3 is 2.60 bits per heavy atom. The zero-order chi connectivity index (χ0) is 15.3. The van der Waals surface area contributed by atoms with Crippen LogP contribution < -0.4 is 9.46 Å². The molecule has 0 spiro atoms. The number of methoxy groups -OCH3 is 2. The first kappa shape index (κ1) is 16.3. The highest BCUT2D eigenvalue weighted by atomic mass is 32.2. The third-order valence-corrected chi connectivity index (χ3v) is 3.79. The van der Waals surface area contributed by atoms with Crippen molar-refractivity contribution in [1.82, 2.24) is 4.72 Å². The summed E-state index contributed by atoms with van der Waals surface area (Å²) in [4.78, 5) is 10.6.